The molecule has 0 rings (SSSR count). The van der Waals surface area contributed by atoms with Crippen LogP contribution in [0.4, 0.5) is 0 Å². The Labute approximate surface area is 89.4 Å². The highest BCUT2D eigenvalue weighted by Gasteiger charge is 2.22. The zero-order chi connectivity index (χ0) is 11.2. The highest BCUT2D eigenvalue weighted by molar-refractivity contribution is 4.76. The normalized spacial score (nSPS) is 16.7. The quantitative estimate of drug-likeness (QED) is 0.713. The highest BCUT2D eigenvalue weighted by Crippen LogP contribution is 2.28. The third-order valence-corrected chi connectivity index (χ3v) is 3.05. The van der Waals surface area contributed by atoms with Crippen LogP contribution in [0.15, 0.2) is 0 Å². The van der Waals surface area contributed by atoms with Crippen molar-refractivity contribution in [2.24, 2.45) is 11.3 Å². The minimum absolute atomic E-state index is 0.390. The molecule has 0 aromatic rings. The van der Waals surface area contributed by atoms with Crippen molar-refractivity contribution in [2.75, 3.05) is 20.3 Å². The van der Waals surface area contributed by atoms with Crippen LogP contribution in [0.5, 0.6) is 0 Å². The van der Waals surface area contributed by atoms with Crippen molar-refractivity contribution in [3.05, 3.63) is 0 Å². The van der Waals surface area contributed by atoms with E-state index in [2.05, 4.69) is 33.0 Å². The van der Waals surface area contributed by atoms with Crippen molar-refractivity contribution in [3.8, 4) is 0 Å². The molecule has 0 bridgehead atoms. The van der Waals surface area contributed by atoms with Crippen molar-refractivity contribution < 1.29 is 4.74 Å². The van der Waals surface area contributed by atoms with Crippen molar-refractivity contribution in [2.45, 2.75) is 47.1 Å². The van der Waals surface area contributed by atoms with Gasteiger partial charge < -0.3 is 10.1 Å². The van der Waals surface area contributed by atoms with E-state index in [9.17, 15) is 0 Å². The summed E-state index contributed by atoms with van der Waals surface area (Å²) in [4.78, 5) is 0. The number of hydrogen-bond donors (Lipinski definition) is 1. The summed E-state index contributed by atoms with van der Waals surface area (Å²) >= 11 is 0. The predicted molar refractivity (Wildman–Crippen MR) is 62.6 cm³/mol. The zero-order valence-electron chi connectivity index (χ0n) is 10.7. The van der Waals surface area contributed by atoms with Crippen molar-refractivity contribution >= 4 is 0 Å². The molecule has 0 fully saturated rings. The van der Waals surface area contributed by atoms with Gasteiger partial charge >= 0.3 is 0 Å². The molecule has 0 saturated heterocycles. The Morgan fingerprint density at radius 3 is 2.21 bits per heavy atom. The second kappa shape index (κ2) is 6.41. The molecule has 0 aliphatic rings. The minimum atomic E-state index is 0.390. The first kappa shape index (κ1) is 13.9. The lowest BCUT2D eigenvalue weighted by Gasteiger charge is -2.30. The van der Waals surface area contributed by atoms with E-state index in [1.807, 2.05) is 14.0 Å². The Morgan fingerprint density at radius 1 is 1.29 bits per heavy atom. The van der Waals surface area contributed by atoms with Gasteiger partial charge in [0.2, 0.25) is 0 Å². The summed E-state index contributed by atoms with van der Waals surface area (Å²) in [5.41, 5.74) is 0.390. The molecule has 1 N–H and O–H groups in total. The topological polar surface area (TPSA) is 21.3 Å². The molecule has 14 heavy (non-hydrogen) atoms. The Bertz CT molecular complexity index is 140. The van der Waals surface area contributed by atoms with Crippen molar-refractivity contribution in [3.63, 3.8) is 0 Å². The molecule has 0 heterocycles. The average molecular weight is 201 g/mol. The fraction of sp³-hybridized carbons (Fsp3) is 1.00. The number of ether oxygens (including phenoxy) is 1. The molecular formula is C12H27NO. The summed E-state index contributed by atoms with van der Waals surface area (Å²) in [5.74, 6) is 0.709. The molecule has 2 unspecified atom stereocenters. The largest absolute Gasteiger partial charge is 0.380 e. The second-order valence-electron chi connectivity index (χ2n) is 5.15. The standard InChI is InChI=1S/C12H27NO/c1-7-14-9-11(13-6)8-10(2)12(3,4)5/h10-11,13H,7-9H2,1-6H3. The van der Waals surface area contributed by atoms with Crippen LogP contribution >= 0.6 is 0 Å². The maximum atomic E-state index is 5.44. The van der Waals surface area contributed by atoms with Gasteiger partial charge in [0.25, 0.3) is 0 Å². The van der Waals surface area contributed by atoms with E-state index < -0.39 is 0 Å². The van der Waals surface area contributed by atoms with E-state index in [0.29, 0.717) is 17.4 Å². The van der Waals surface area contributed by atoms with Crippen LogP contribution in [0.2, 0.25) is 0 Å². The van der Waals surface area contributed by atoms with E-state index in [-0.39, 0.29) is 0 Å². The van der Waals surface area contributed by atoms with Crippen LogP contribution in [0, 0.1) is 11.3 Å². The van der Waals surface area contributed by atoms with Gasteiger partial charge in [0.1, 0.15) is 0 Å². The van der Waals surface area contributed by atoms with E-state index >= 15 is 0 Å². The number of nitrogens with one attached hydrogen (secondary N) is 1. The first-order chi connectivity index (χ1) is 6.41. The van der Waals surface area contributed by atoms with Crippen molar-refractivity contribution in [1.82, 2.24) is 5.32 Å². The highest BCUT2D eigenvalue weighted by atomic mass is 16.5. The Morgan fingerprint density at radius 2 is 1.86 bits per heavy atom. The van der Waals surface area contributed by atoms with Gasteiger partial charge in [-0.15, -0.1) is 0 Å². The van der Waals surface area contributed by atoms with Crippen molar-refractivity contribution in [1.29, 1.82) is 0 Å². The fourth-order valence-electron chi connectivity index (χ4n) is 1.31. The van der Waals surface area contributed by atoms with Gasteiger partial charge in [-0.05, 0) is 31.7 Å². The summed E-state index contributed by atoms with van der Waals surface area (Å²) < 4.78 is 5.44. The lowest BCUT2D eigenvalue weighted by Crippen LogP contribution is -2.34. The Kier molecular flexibility index (Phi) is 6.38. The molecule has 2 nitrogen and oxygen atoms in total. The van der Waals surface area contributed by atoms with Crippen LogP contribution in [-0.2, 0) is 4.74 Å². The van der Waals surface area contributed by atoms with Gasteiger partial charge in [-0.3, -0.25) is 0 Å². The van der Waals surface area contributed by atoms with E-state index in [4.69, 9.17) is 4.74 Å². The molecule has 2 atom stereocenters. The van der Waals surface area contributed by atoms with Gasteiger partial charge in [-0.25, -0.2) is 0 Å². The summed E-state index contributed by atoms with van der Waals surface area (Å²) in [7, 11) is 2.01. The number of rotatable bonds is 6. The van der Waals surface area contributed by atoms with Crippen LogP contribution in [0.25, 0.3) is 0 Å². The SMILES string of the molecule is CCOCC(CC(C)C(C)(C)C)NC. The summed E-state index contributed by atoms with van der Waals surface area (Å²) in [5, 5.41) is 3.31. The number of hydrogen-bond acceptors (Lipinski definition) is 2. The minimum Gasteiger partial charge on any atom is -0.380 e. The molecule has 2 heteroatoms. The average Bonchev–Trinajstić information content (AvgIpc) is 2.10. The smallest absolute Gasteiger partial charge is 0.0619 e. The van der Waals surface area contributed by atoms with E-state index in [1.165, 1.54) is 6.42 Å². The zero-order valence-corrected chi connectivity index (χ0v) is 10.7. The molecular weight excluding hydrogens is 174 g/mol. The maximum absolute atomic E-state index is 5.44. The van der Waals surface area contributed by atoms with Gasteiger partial charge in [0.05, 0.1) is 6.61 Å². The lowest BCUT2D eigenvalue weighted by molar-refractivity contribution is 0.106. The molecule has 0 aromatic heterocycles. The van der Waals surface area contributed by atoms with Crippen LogP contribution < -0.4 is 5.32 Å². The number of likely N-dealkylation sites (N-methyl/N-ethyl adjacent to an activating group) is 1. The molecule has 86 valence electrons. The van der Waals surface area contributed by atoms with E-state index in [0.717, 1.165) is 13.2 Å². The van der Waals surface area contributed by atoms with Gasteiger partial charge in [0.15, 0.2) is 0 Å². The Balaban J connectivity index is 3.92. The van der Waals surface area contributed by atoms with Crippen LogP contribution in [-0.4, -0.2) is 26.3 Å². The Hall–Kier alpha value is -0.0800. The third kappa shape index (κ3) is 5.61. The molecule has 0 aliphatic carbocycles. The third-order valence-electron chi connectivity index (χ3n) is 3.05. The summed E-state index contributed by atoms with van der Waals surface area (Å²) in [6, 6.07) is 0.490. The predicted octanol–water partition coefficient (Wildman–Crippen LogP) is 2.68. The van der Waals surface area contributed by atoms with Gasteiger partial charge in [0, 0.05) is 12.6 Å². The molecule has 0 saturated carbocycles. The molecule has 0 amide bonds. The lowest BCUT2D eigenvalue weighted by atomic mass is 9.78. The fourth-order valence-corrected chi connectivity index (χ4v) is 1.31. The molecule has 0 aliphatic heterocycles. The second-order valence-corrected chi connectivity index (χ2v) is 5.15. The monoisotopic (exact) mass is 201 g/mol. The summed E-state index contributed by atoms with van der Waals surface area (Å²) in [6.07, 6.45) is 1.18. The van der Waals surface area contributed by atoms with Crippen LogP contribution in [0.3, 0.4) is 0 Å². The molecule has 0 aromatic carbocycles. The van der Waals surface area contributed by atoms with E-state index in [1.54, 1.807) is 0 Å². The molecule has 0 radical (unpaired) electrons. The van der Waals surface area contributed by atoms with Gasteiger partial charge in [-0.2, -0.15) is 0 Å². The maximum Gasteiger partial charge on any atom is 0.0619 e. The van der Waals surface area contributed by atoms with Gasteiger partial charge in [-0.1, -0.05) is 27.7 Å². The summed E-state index contributed by atoms with van der Waals surface area (Å²) in [6.45, 7) is 12.9. The first-order valence-electron chi connectivity index (χ1n) is 5.66. The first-order valence-corrected chi connectivity index (χ1v) is 5.66. The van der Waals surface area contributed by atoms with Crippen LogP contribution in [0.1, 0.15) is 41.0 Å². The molecule has 0 spiro atoms.